The fourth-order valence-electron chi connectivity index (χ4n) is 1.61. The molecule has 0 spiro atoms. The highest BCUT2D eigenvalue weighted by atomic mass is 35.5. The number of rotatable bonds is 4. The first-order valence-corrected chi connectivity index (χ1v) is 6.08. The summed E-state index contributed by atoms with van der Waals surface area (Å²) in [5.41, 5.74) is 2.19. The maximum atomic E-state index is 11.6. The molecule has 2 rings (SSSR count). The fraction of sp³-hybridized carbons (Fsp3) is 0.250. The van der Waals surface area contributed by atoms with Crippen LogP contribution in [0.4, 0.5) is 5.69 Å². The number of amides is 1. The van der Waals surface area contributed by atoms with Gasteiger partial charge in [-0.25, -0.2) is 0 Å². The molecule has 0 aliphatic rings. The molecular formula is C12H14ClN5O. The lowest BCUT2D eigenvalue weighted by Gasteiger charge is -2.09. The number of carbonyl (C=O) groups is 1. The van der Waals surface area contributed by atoms with Crippen LogP contribution < -0.4 is 10.6 Å². The van der Waals surface area contributed by atoms with E-state index in [1.807, 2.05) is 13.1 Å². The first-order valence-electron chi connectivity index (χ1n) is 5.71. The van der Waals surface area contributed by atoms with E-state index in [4.69, 9.17) is 11.6 Å². The molecule has 0 saturated heterocycles. The Hall–Kier alpha value is -2.08. The standard InChI is InChI=1S/C12H14ClN5O/c1-14-12(19)10-5-8(3-4-11(10)13)15-6-9-7-16-17-18(9)2/h3-5,7,15H,6H2,1-2H3,(H,14,19). The maximum Gasteiger partial charge on any atom is 0.252 e. The summed E-state index contributed by atoms with van der Waals surface area (Å²) in [4.78, 5) is 11.6. The molecule has 0 aliphatic carbocycles. The Labute approximate surface area is 115 Å². The predicted octanol–water partition coefficient (Wildman–Crippen LogP) is 1.44. The third kappa shape index (κ3) is 3.03. The third-order valence-corrected chi connectivity index (χ3v) is 3.05. The summed E-state index contributed by atoms with van der Waals surface area (Å²) in [6, 6.07) is 5.22. The van der Waals surface area contributed by atoms with Gasteiger partial charge in [-0.2, -0.15) is 0 Å². The number of aryl methyl sites for hydroxylation is 1. The molecule has 6 nitrogen and oxygen atoms in total. The molecule has 0 fully saturated rings. The second-order valence-corrected chi connectivity index (χ2v) is 4.38. The number of halogens is 1. The first kappa shape index (κ1) is 13.4. The van der Waals surface area contributed by atoms with E-state index in [0.717, 1.165) is 11.4 Å². The molecule has 1 heterocycles. The zero-order valence-electron chi connectivity index (χ0n) is 10.6. The lowest BCUT2D eigenvalue weighted by atomic mass is 10.2. The largest absolute Gasteiger partial charge is 0.379 e. The van der Waals surface area contributed by atoms with Crippen LogP contribution in [-0.4, -0.2) is 27.9 Å². The van der Waals surface area contributed by atoms with Gasteiger partial charge in [0.25, 0.3) is 5.91 Å². The number of hydrogen-bond donors (Lipinski definition) is 2. The average Bonchev–Trinajstić information content (AvgIpc) is 2.82. The van der Waals surface area contributed by atoms with Crippen LogP contribution >= 0.6 is 11.6 Å². The zero-order chi connectivity index (χ0) is 13.8. The molecule has 2 N–H and O–H groups in total. The Morgan fingerprint density at radius 2 is 2.26 bits per heavy atom. The molecule has 0 radical (unpaired) electrons. The van der Waals surface area contributed by atoms with E-state index in [-0.39, 0.29) is 5.91 Å². The molecule has 7 heteroatoms. The summed E-state index contributed by atoms with van der Waals surface area (Å²) in [5, 5.41) is 13.8. The third-order valence-electron chi connectivity index (χ3n) is 2.72. The van der Waals surface area contributed by atoms with Crippen molar-refractivity contribution >= 4 is 23.2 Å². The van der Waals surface area contributed by atoms with Crippen molar-refractivity contribution in [1.29, 1.82) is 0 Å². The van der Waals surface area contributed by atoms with Gasteiger partial charge >= 0.3 is 0 Å². The van der Waals surface area contributed by atoms with Gasteiger partial charge in [-0.3, -0.25) is 9.48 Å². The van der Waals surface area contributed by atoms with Gasteiger partial charge in [-0.05, 0) is 18.2 Å². The highest BCUT2D eigenvalue weighted by molar-refractivity contribution is 6.34. The van der Waals surface area contributed by atoms with Crippen LogP contribution in [0.25, 0.3) is 0 Å². The van der Waals surface area contributed by atoms with Gasteiger partial charge in [-0.15, -0.1) is 5.10 Å². The first-order chi connectivity index (χ1) is 9.11. The van der Waals surface area contributed by atoms with Crippen molar-refractivity contribution in [2.45, 2.75) is 6.54 Å². The Morgan fingerprint density at radius 3 is 2.89 bits per heavy atom. The molecule has 0 unspecified atom stereocenters. The van der Waals surface area contributed by atoms with E-state index in [0.29, 0.717) is 17.1 Å². The molecule has 19 heavy (non-hydrogen) atoms. The molecule has 1 amide bonds. The minimum atomic E-state index is -0.212. The summed E-state index contributed by atoms with van der Waals surface area (Å²) >= 11 is 5.98. The van der Waals surface area contributed by atoms with Crippen molar-refractivity contribution in [2.75, 3.05) is 12.4 Å². The SMILES string of the molecule is CNC(=O)c1cc(NCc2cnnn2C)ccc1Cl. The van der Waals surface area contributed by atoms with Crippen LogP contribution in [-0.2, 0) is 13.6 Å². The van der Waals surface area contributed by atoms with Gasteiger partial charge in [0.2, 0.25) is 0 Å². The van der Waals surface area contributed by atoms with E-state index in [9.17, 15) is 4.79 Å². The van der Waals surface area contributed by atoms with Crippen molar-refractivity contribution < 1.29 is 4.79 Å². The predicted molar refractivity (Wildman–Crippen MR) is 73.2 cm³/mol. The van der Waals surface area contributed by atoms with Crippen LogP contribution in [0, 0.1) is 0 Å². The van der Waals surface area contributed by atoms with Crippen LogP contribution in [0.1, 0.15) is 16.1 Å². The van der Waals surface area contributed by atoms with Gasteiger partial charge < -0.3 is 10.6 Å². The van der Waals surface area contributed by atoms with Crippen molar-refractivity contribution in [3.8, 4) is 0 Å². The molecule has 100 valence electrons. The highest BCUT2D eigenvalue weighted by Crippen LogP contribution is 2.20. The Kier molecular flexibility index (Phi) is 4.01. The van der Waals surface area contributed by atoms with Gasteiger partial charge in [0.05, 0.1) is 29.0 Å². The smallest absolute Gasteiger partial charge is 0.252 e. The summed E-state index contributed by atoms with van der Waals surface area (Å²) in [6.45, 7) is 0.568. The normalized spacial score (nSPS) is 10.3. The van der Waals surface area contributed by atoms with E-state index >= 15 is 0 Å². The molecule has 0 saturated carbocycles. The Balaban J connectivity index is 2.13. The Morgan fingerprint density at radius 1 is 1.47 bits per heavy atom. The van der Waals surface area contributed by atoms with Crippen molar-refractivity contribution in [3.63, 3.8) is 0 Å². The number of hydrogen-bond acceptors (Lipinski definition) is 4. The summed E-state index contributed by atoms with van der Waals surface area (Å²) in [6.07, 6.45) is 1.68. The Bertz CT molecular complexity index is 596. The molecule has 2 aromatic rings. The van der Waals surface area contributed by atoms with Crippen molar-refractivity contribution in [1.82, 2.24) is 20.3 Å². The lowest BCUT2D eigenvalue weighted by Crippen LogP contribution is -2.18. The summed E-state index contributed by atoms with van der Waals surface area (Å²) in [7, 11) is 3.39. The van der Waals surface area contributed by atoms with Crippen molar-refractivity contribution in [3.05, 3.63) is 40.7 Å². The van der Waals surface area contributed by atoms with Crippen LogP contribution in [0.3, 0.4) is 0 Å². The molecular weight excluding hydrogens is 266 g/mol. The van der Waals surface area contributed by atoms with Crippen LogP contribution in [0.15, 0.2) is 24.4 Å². The molecule has 0 aliphatic heterocycles. The number of benzene rings is 1. The van der Waals surface area contributed by atoms with Crippen molar-refractivity contribution in [2.24, 2.45) is 7.05 Å². The second kappa shape index (κ2) is 5.71. The molecule has 0 bridgehead atoms. The van der Waals surface area contributed by atoms with E-state index in [2.05, 4.69) is 20.9 Å². The second-order valence-electron chi connectivity index (χ2n) is 3.98. The molecule has 1 aromatic carbocycles. The van der Waals surface area contributed by atoms with Crippen LogP contribution in [0.2, 0.25) is 5.02 Å². The van der Waals surface area contributed by atoms with E-state index in [1.54, 1.807) is 30.1 Å². The number of anilines is 1. The topological polar surface area (TPSA) is 71.8 Å². The van der Waals surface area contributed by atoms with E-state index < -0.39 is 0 Å². The number of aromatic nitrogens is 3. The highest BCUT2D eigenvalue weighted by Gasteiger charge is 2.09. The number of nitrogens with zero attached hydrogens (tertiary/aromatic N) is 3. The fourth-order valence-corrected chi connectivity index (χ4v) is 1.81. The van der Waals surface area contributed by atoms with Gasteiger partial charge in [-0.1, -0.05) is 16.8 Å². The number of nitrogens with one attached hydrogen (secondary N) is 2. The quantitative estimate of drug-likeness (QED) is 0.888. The summed E-state index contributed by atoms with van der Waals surface area (Å²) < 4.78 is 1.68. The monoisotopic (exact) mass is 279 g/mol. The molecule has 0 atom stereocenters. The maximum absolute atomic E-state index is 11.6. The minimum Gasteiger partial charge on any atom is -0.379 e. The van der Waals surface area contributed by atoms with Crippen LogP contribution in [0.5, 0.6) is 0 Å². The van der Waals surface area contributed by atoms with Gasteiger partial charge in [0.1, 0.15) is 0 Å². The number of carbonyl (C=O) groups excluding carboxylic acids is 1. The lowest BCUT2D eigenvalue weighted by molar-refractivity contribution is 0.0963. The van der Waals surface area contributed by atoms with Gasteiger partial charge in [0.15, 0.2) is 0 Å². The average molecular weight is 280 g/mol. The molecule has 1 aromatic heterocycles. The van der Waals surface area contributed by atoms with Gasteiger partial charge in [0, 0.05) is 19.8 Å². The summed E-state index contributed by atoms with van der Waals surface area (Å²) in [5.74, 6) is -0.212. The zero-order valence-corrected chi connectivity index (χ0v) is 11.4. The van der Waals surface area contributed by atoms with E-state index in [1.165, 1.54) is 0 Å². The minimum absolute atomic E-state index is 0.212.